The molecular weight excluding hydrogens is 448 g/mol. The molecule has 28 heavy (non-hydrogen) atoms. The Hall–Kier alpha value is -2.56. The average molecular weight is 465 g/mol. The van der Waals surface area contributed by atoms with Gasteiger partial charge in [-0.05, 0) is 48.0 Å². The first-order valence-corrected chi connectivity index (χ1v) is 10.6. The molecule has 0 saturated heterocycles. The number of amides is 1. The van der Waals surface area contributed by atoms with Crippen LogP contribution in [0.25, 0.3) is 10.8 Å². The molecule has 0 radical (unpaired) electrons. The number of nitrogens with zero attached hydrogens (tertiary/aromatic N) is 2. The third-order valence-electron chi connectivity index (χ3n) is 3.96. The van der Waals surface area contributed by atoms with Crippen molar-refractivity contribution in [1.29, 1.82) is 0 Å². The number of benzene rings is 2. The molecule has 1 aromatic heterocycles. The molecule has 0 bridgehead atoms. The maximum absolute atomic E-state index is 12.7. The van der Waals surface area contributed by atoms with Crippen molar-refractivity contribution in [3.8, 4) is 0 Å². The maximum Gasteiger partial charge on any atom is 0.287 e. The van der Waals surface area contributed by atoms with Gasteiger partial charge in [-0.3, -0.25) is 15.0 Å². The Morgan fingerprint density at radius 2 is 1.68 bits per heavy atom. The lowest BCUT2D eigenvalue weighted by Gasteiger charge is -2.14. The Labute approximate surface area is 169 Å². The largest absolute Gasteiger partial charge is 0.287 e. The zero-order chi connectivity index (χ0) is 20.5. The predicted molar refractivity (Wildman–Crippen MR) is 108 cm³/mol. The number of fused-ring (bicyclic) bond motifs is 1. The van der Waals surface area contributed by atoms with Gasteiger partial charge in [0.05, 0.1) is 16.3 Å². The summed E-state index contributed by atoms with van der Waals surface area (Å²) < 4.78 is 26.4. The van der Waals surface area contributed by atoms with Crippen LogP contribution >= 0.6 is 15.9 Å². The number of aromatic nitrogens is 2. The molecule has 0 spiro atoms. The maximum atomic E-state index is 12.7. The van der Waals surface area contributed by atoms with Gasteiger partial charge < -0.3 is 0 Å². The second kappa shape index (κ2) is 7.82. The van der Waals surface area contributed by atoms with Gasteiger partial charge in [0, 0.05) is 9.86 Å². The van der Waals surface area contributed by atoms with E-state index in [0.717, 1.165) is 0 Å². The van der Waals surface area contributed by atoms with Gasteiger partial charge in [-0.25, -0.2) is 13.1 Å². The lowest BCUT2D eigenvalue weighted by Crippen LogP contribution is -2.42. The van der Waals surface area contributed by atoms with E-state index in [1.807, 2.05) is 0 Å². The van der Waals surface area contributed by atoms with Gasteiger partial charge in [-0.2, -0.15) is 5.10 Å². The van der Waals surface area contributed by atoms with Crippen molar-refractivity contribution in [1.82, 2.24) is 20.0 Å². The summed E-state index contributed by atoms with van der Waals surface area (Å²) >= 11 is 3.17. The van der Waals surface area contributed by atoms with Crippen LogP contribution in [0.3, 0.4) is 0 Å². The van der Waals surface area contributed by atoms with Crippen molar-refractivity contribution in [3.05, 3.63) is 69.1 Å². The highest BCUT2D eigenvalue weighted by Crippen LogP contribution is 2.20. The fourth-order valence-electron chi connectivity index (χ4n) is 2.61. The van der Waals surface area contributed by atoms with Crippen LogP contribution in [0.1, 0.15) is 30.4 Å². The minimum atomic E-state index is -4.01. The van der Waals surface area contributed by atoms with Crippen molar-refractivity contribution in [2.45, 2.75) is 24.8 Å². The molecule has 3 rings (SSSR count). The van der Waals surface area contributed by atoms with Crippen molar-refractivity contribution in [2.24, 2.45) is 0 Å². The molecule has 3 aromatic rings. The van der Waals surface area contributed by atoms with Crippen molar-refractivity contribution < 1.29 is 13.2 Å². The number of carbonyl (C=O) groups is 1. The number of sulfonamides is 1. The summed E-state index contributed by atoms with van der Waals surface area (Å²) in [5.74, 6) is -0.777. The third kappa shape index (κ3) is 3.84. The molecular formula is C18H17BrN4O4S. The van der Waals surface area contributed by atoms with Crippen molar-refractivity contribution >= 4 is 42.6 Å². The van der Waals surface area contributed by atoms with Crippen LogP contribution in [0.2, 0.25) is 0 Å². The molecule has 0 aliphatic rings. The van der Waals surface area contributed by atoms with Crippen molar-refractivity contribution in [2.75, 3.05) is 0 Å². The van der Waals surface area contributed by atoms with Gasteiger partial charge in [0.25, 0.3) is 21.5 Å². The smallest absolute Gasteiger partial charge is 0.272 e. The zero-order valence-corrected chi connectivity index (χ0v) is 17.4. The minimum absolute atomic E-state index is 0.0275. The molecule has 2 N–H and O–H groups in total. The lowest BCUT2D eigenvalue weighted by molar-refractivity contribution is 0.0939. The summed E-state index contributed by atoms with van der Waals surface area (Å²) in [4.78, 5) is 27.2. The van der Waals surface area contributed by atoms with E-state index >= 15 is 0 Å². The minimum Gasteiger partial charge on any atom is -0.272 e. The van der Waals surface area contributed by atoms with Crippen LogP contribution in [-0.4, -0.2) is 24.1 Å². The second-order valence-electron chi connectivity index (χ2n) is 6.23. The molecule has 1 amide bonds. The molecule has 0 unspecified atom stereocenters. The number of nitrogens with one attached hydrogen (secondary N) is 2. The van der Waals surface area contributed by atoms with Gasteiger partial charge >= 0.3 is 0 Å². The van der Waals surface area contributed by atoms with Gasteiger partial charge in [0.2, 0.25) is 0 Å². The van der Waals surface area contributed by atoms with Crippen LogP contribution in [-0.2, 0) is 10.0 Å². The molecule has 146 valence electrons. The molecule has 0 saturated carbocycles. The van der Waals surface area contributed by atoms with Gasteiger partial charge in [0.15, 0.2) is 5.69 Å². The van der Waals surface area contributed by atoms with E-state index < -0.39 is 15.9 Å². The molecule has 0 aliphatic carbocycles. The van der Waals surface area contributed by atoms with Gasteiger partial charge in [-0.1, -0.05) is 30.3 Å². The van der Waals surface area contributed by atoms with E-state index in [9.17, 15) is 18.0 Å². The summed E-state index contributed by atoms with van der Waals surface area (Å²) in [5, 5.41) is 4.80. The second-order valence-corrected chi connectivity index (χ2v) is 8.73. The van der Waals surface area contributed by atoms with Crippen LogP contribution in [0.4, 0.5) is 0 Å². The Kier molecular flexibility index (Phi) is 5.64. The van der Waals surface area contributed by atoms with E-state index in [4.69, 9.17) is 0 Å². The fourth-order valence-corrected chi connectivity index (χ4v) is 4.46. The molecule has 1 heterocycles. The zero-order valence-electron chi connectivity index (χ0n) is 15.0. The SMILES string of the molecule is CC(C)n1nc(C(=O)NNS(=O)(=O)c2ccccc2Br)c2ccccc2c1=O. The summed E-state index contributed by atoms with van der Waals surface area (Å²) in [6.45, 7) is 3.53. The first-order valence-electron chi connectivity index (χ1n) is 8.30. The highest BCUT2D eigenvalue weighted by molar-refractivity contribution is 9.10. The van der Waals surface area contributed by atoms with Crippen LogP contribution in [0.5, 0.6) is 0 Å². The van der Waals surface area contributed by atoms with E-state index in [2.05, 4.69) is 31.3 Å². The number of hydrogen-bond donors (Lipinski definition) is 2. The van der Waals surface area contributed by atoms with E-state index in [-0.39, 0.29) is 22.2 Å². The summed E-state index contributed by atoms with van der Waals surface area (Å²) in [7, 11) is -4.01. The quantitative estimate of drug-likeness (QED) is 0.563. The molecule has 0 aliphatic heterocycles. The number of hydrogen-bond acceptors (Lipinski definition) is 5. The topological polar surface area (TPSA) is 110 Å². The number of hydrazine groups is 1. The van der Waals surface area contributed by atoms with Crippen molar-refractivity contribution in [3.63, 3.8) is 0 Å². The first-order chi connectivity index (χ1) is 13.2. The van der Waals surface area contributed by atoms with Crippen LogP contribution < -0.4 is 15.8 Å². The van der Waals surface area contributed by atoms with Crippen LogP contribution in [0.15, 0.2) is 62.7 Å². The highest BCUT2D eigenvalue weighted by Gasteiger charge is 2.21. The highest BCUT2D eigenvalue weighted by atomic mass is 79.9. The molecule has 0 atom stereocenters. The number of rotatable bonds is 5. The summed E-state index contributed by atoms with van der Waals surface area (Å²) in [5.41, 5.74) is 1.79. The first kappa shape index (κ1) is 20.2. The van der Waals surface area contributed by atoms with E-state index in [1.165, 1.54) is 10.7 Å². The lowest BCUT2D eigenvalue weighted by atomic mass is 10.1. The van der Waals surface area contributed by atoms with E-state index in [1.54, 1.807) is 56.3 Å². The molecule has 2 aromatic carbocycles. The number of halogens is 1. The Morgan fingerprint density at radius 3 is 2.32 bits per heavy atom. The van der Waals surface area contributed by atoms with Gasteiger partial charge in [-0.15, -0.1) is 4.83 Å². The Balaban J connectivity index is 1.97. The Morgan fingerprint density at radius 1 is 1.07 bits per heavy atom. The number of carbonyl (C=O) groups excluding carboxylic acids is 1. The monoisotopic (exact) mass is 464 g/mol. The van der Waals surface area contributed by atoms with E-state index in [0.29, 0.717) is 15.2 Å². The average Bonchev–Trinajstić information content (AvgIpc) is 2.66. The third-order valence-corrected chi connectivity index (χ3v) is 6.22. The molecule has 8 nitrogen and oxygen atoms in total. The predicted octanol–water partition coefficient (Wildman–Crippen LogP) is 2.36. The Bertz CT molecular complexity index is 1220. The molecule has 0 fully saturated rings. The summed E-state index contributed by atoms with van der Waals surface area (Å²) in [6, 6.07) is 12.5. The summed E-state index contributed by atoms with van der Waals surface area (Å²) in [6.07, 6.45) is 0. The fraction of sp³-hybridized carbons (Fsp3) is 0.167. The van der Waals surface area contributed by atoms with Crippen LogP contribution in [0, 0.1) is 0 Å². The van der Waals surface area contributed by atoms with Gasteiger partial charge in [0.1, 0.15) is 0 Å². The normalized spacial score (nSPS) is 11.7. The molecule has 10 heteroatoms. The standard InChI is InChI=1S/C18H17BrN4O4S/c1-11(2)23-18(25)13-8-4-3-7-12(13)16(21-23)17(24)20-22-28(26,27)15-10-6-5-9-14(15)19/h3-11,22H,1-2H3,(H,20,24).